The molecule has 1 aliphatic carbocycles. The smallest absolute Gasteiger partial charge is 0.390 e. The van der Waals surface area contributed by atoms with Gasteiger partial charge in [0.05, 0.1) is 23.5 Å². The van der Waals surface area contributed by atoms with Gasteiger partial charge < -0.3 is 10.6 Å². The van der Waals surface area contributed by atoms with Crippen LogP contribution in [0, 0.1) is 5.92 Å². The molecular weight excluding hydrogens is 464 g/mol. The maximum atomic E-state index is 13.3. The summed E-state index contributed by atoms with van der Waals surface area (Å²) < 4.78 is 79.8. The van der Waals surface area contributed by atoms with Crippen molar-refractivity contribution >= 4 is 23.9 Å². The van der Waals surface area contributed by atoms with Crippen LogP contribution in [-0.2, 0) is 12.4 Å². The van der Waals surface area contributed by atoms with Crippen LogP contribution in [-0.4, -0.2) is 40.6 Å². The van der Waals surface area contributed by atoms with Gasteiger partial charge in [-0.1, -0.05) is 6.07 Å². The SMILES string of the molecule is C[C@@H](C(N=CN)=Nc1ccccn1)N(CC1CC1)C(=O)c1cc(C(F)(F)F)cc(C(F)(F)F)c1. The van der Waals surface area contributed by atoms with Gasteiger partial charge in [0.15, 0.2) is 11.7 Å². The van der Waals surface area contributed by atoms with E-state index in [0.29, 0.717) is 12.1 Å². The lowest BCUT2D eigenvalue weighted by molar-refractivity contribution is -0.143. The molecule has 0 bridgehead atoms. The Hall–Kier alpha value is -3.44. The standard InChI is InChI=1S/C22H21F6N5O/c1-13(19(31-12-29)32-18-4-2-3-7-30-18)33(11-14-5-6-14)20(34)15-8-16(21(23,24)25)10-17(9-15)22(26,27)28/h2-4,7-10,12-14H,5-6,11H2,1H3,(H2,29,30,31,32)/t13-/m0/s1. The molecule has 1 fully saturated rings. The zero-order valence-corrected chi connectivity index (χ0v) is 17.9. The second-order valence-corrected chi connectivity index (χ2v) is 7.81. The topological polar surface area (TPSA) is 83.9 Å². The number of halogens is 6. The van der Waals surface area contributed by atoms with Crippen LogP contribution in [0.3, 0.4) is 0 Å². The van der Waals surface area contributed by atoms with Crippen LogP contribution in [0.1, 0.15) is 41.3 Å². The summed E-state index contributed by atoms with van der Waals surface area (Å²) in [5.41, 5.74) is 1.55. The van der Waals surface area contributed by atoms with Crippen molar-refractivity contribution in [3.8, 4) is 0 Å². The van der Waals surface area contributed by atoms with Gasteiger partial charge in [-0.05, 0) is 56.0 Å². The number of amides is 1. The first-order valence-corrected chi connectivity index (χ1v) is 10.2. The van der Waals surface area contributed by atoms with Crippen LogP contribution < -0.4 is 5.73 Å². The number of alkyl halides is 6. The van der Waals surface area contributed by atoms with Gasteiger partial charge in [0.1, 0.15) is 0 Å². The Morgan fingerprint density at radius 1 is 1.15 bits per heavy atom. The van der Waals surface area contributed by atoms with Crippen LogP contribution >= 0.6 is 0 Å². The number of aliphatic imine (C=N–C) groups is 2. The molecule has 2 N–H and O–H groups in total. The molecule has 12 heteroatoms. The van der Waals surface area contributed by atoms with E-state index in [-0.39, 0.29) is 30.2 Å². The lowest BCUT2D eigenvalue weighted by Gasteiger charge is -2.29. The molecule has 6 nitrogen and oxygen atoms in total. The molecule has 0 aliphatic heterocycles. The maximum absolute atomic E-state index is 13.3. The van der Waals surface area contributed by atoms with Crippen molar-refractivity contribution in [2.24, 2.45) is 21.6 Å². The lowest BCUT2D eigenvalue weighted by Crippen LogP contribution is -2.44. The first kappa shape index (κ1) is 25.2. The van der Waals surface area contributed by atoms with E-state index < -0.39 is 41.0 Å². The third-order valence-corrected chi connectivity index (χ3v) is 5.17. The monoisotopic (exact) mass is 485 g/mol. The zero-order chi connectivity index (χ0) is 25.1. The number of carbonyl (C=O) groups excluding carboxylic acids is 1. The van der Waals surface area contributed by atoms with E-state index in [1.54, 1.807) is 18.2 Å². The van der Waals surface area contributed by atoms with Gasteiger partial charge in [-0.25, -0.2) is 15.0 Å². The van der Waals surface area contributed by atoms with Gasteiger partial charge in [-0.3, -0.25) is 4.79 Å². The first-order valence-electron chi connectivity index (χ1n) is 10.2. The van der Waals surface area contributed by atoms with Gasteiger partial charge in [0.25, 0.3) is 5.91 Å². The number of aromatic nitrogens is 1. The molecule has 182 valence electrons. The van der Waals surface area contributed by atoms with Crippen LogP contribution in [0.25, 0.3) is 0 Å². The summed E-state index contributed by atoms with van der Waals surface area (Å²) in [5, 5.41) is 0. The number of hydrogen-bond donors (Lipinski definition) is 1. The normalized spacial score (nSPS) is 16.0. The molecule has 2 aromatic rings. The summed E-state index contributed by atoms with van der Waals surface area (Å²) >= 11 is 0. The van der Waals surface area contributed by atoms with Crippen LogP contribution in [0.2, 0.25) is 0 Å². The predicted octanol–water partition coefficient (Wildman–Crippen LogP) is 5.08. The van der Waals surface area contributed by atoms with E-state index in [0.717, 1.165) is 19.2 Å². The van der Waals surface area contributed by atoms with Crippen molar-refractivity contribution in [2.45, 2.75) is 38.2 Å². The molecule has 1 aromatic heterocycles. The van der Waals surface area contributed by atoms with Gasteiger partial charge in [0.2, 0.25) is 0 Å². The van der Waals surface area contributed by atoms with E-state index in [4.69, 9.17) is 5.73 Å². The van der Waals surface area contributed by atoms with Crippen molar-refractivity contribution in [3.63, 3.8) is 0 Å². The van der Waals surface area contributed by atoms with Gasteiger partial charge in [0, 0.05) is 18.3 Å². The fourth-order valence-electron chi connectivity index (χ4n) is 3.22. The highest BCUT2D eigenvalue weighted by Gasteiger charge is 2.39. The second kappa shape index (κ2) is 9.82. The lowest BCUT2D eigenvalue weighted by atomic mass is 10.0. The molecule has 1 atom stereocenters. The average molecular weight is 485 g/mol. The van der Waals surface area contributed by atoms with Crippen molar-refractivity contribution in [1.29, 1.82) is 0 Å². The van der Waals surface area contributed by atoms with Gasteiger partial charge in [-0.2, -0.15) is 26.3 Å². The summed E-state index contributed by atoms with van der Waals surface area (Å²) in [5.74, 6) is -0.667. The minimum atomic E-state index is -5.07. The predicted molar refractivity (Wildman–Crippen MR) is 114 cm³/mol. The van der Waals surface area contributed by atoms with Crippen molar-refractivity contribution in [2.75, 3.05) is 6.54 Å². The highest BCUT2D eigenvalue weighted by Crippen LogP contribution is 2.37. The van der Waals surface area contributed by atoms with Crippen molar-refractivity contribution in [3.05, 3.63) is 59.3 Å². The summed E-state index contributed by atoms with van der Waals surface area (Å²) in [6.07, 6.45) is -6.18. The molecule has 3 rings (SSSR count). The molecule has 0 unspecified atom stereocenters. The quantitative estimate of drug-likeness (QED) is 0.352. The Labute approximate surface area is 191 Å². The van der Waals surface area contributed by atoms with E-state index in [2.05, 4.69) is 15.0 Å². The molecular formula is C22H21F6N5O. The molecule has 1 amide bonds. The van der Waals surface area contributed by atoms with Gasteiger partial charge in [-0.15, -0.1) is 0 Å². The molecule has 1 aliphatic rings. The Bertz CT molecular complexity index is 1050. The maximum Gasteiger partial charge on any atom is 0.416 e. The Balaban J connectivity index is 2.05. The second-order valence-electron chi connectivity index (χ2n) is 7.81. The minimum Gasteiger partial charge on any atom is -0.390 e. The summed E-state index contributed by atoms with van der Waals surface area (Å²) in [7, 11) is 0. The summed E-state index contributed by atoms with van der Waals surface area (Å²) in [6, 6.07) is 4.79. The molecule has 1 aromatic carbocycles. The summed E-state index contributed by atoms with van der Waals surface area (Å²) in [4.78, 5) is 26.7. The van der Waals surface area contributed by atoms with E-state index >= 15 is 0 Å². The van der Waals surface area contributed by atoms with Crippen molar-refractivity contribution < 1.29 is 31.1 Å². The third kappa shape index (κ3) is 6.33. The Morgan fingerprint density at radius 3 is 2.24 bits per heavy atom. The van der Waals surface area contributed by atoms with Crippen LogP contribution in [0.15, 0.2) is 52.6 Å². The van der Waals surface area contributed by atoms with Gasteiger partial charge >= 0.3 is 12.4 Å². The number of carbonyl (C=O) groups is 1. The highest BCUT2D eigenvalue weighted by atomic mass is 19.4. The molecule has 0 spiro atoms. The summed E-state index contributed by atoms with van der Waals surface area (Å²) in [6.45, 7) is 1.63. The molecule has 0 radical (unpaired) electrons. The number of benzene rings is 1. The largest absolute Gasteiger partial charge is 0.416 e. The first-order chi connectivity index (χ1) is 15.9. The Morgan fingerprint density at radius 2 is 1.76 bits per heavy atom. The number of hydrogen-bond acceptors (Lipinski definition) is 3. The number of nitrogens with zero attached hydrogens (tertiary/aromatic N) is 4. The van der Waals surface area contributed by atoms with E-state index in [1.807, 2.05) is 0 Å². The zero-order valence-electron chi connectivity index (χ0n) is 17.9. The van der Waals surface area contributed by atoms with E-state index in [1.165, 1.54) is 18.0 Å². The fourth-order valence-corrected chi connectivity index (χ4v) is 3.22. The fraction of sp³-hybridized carbons (Fsp3) is 0.364. The van der Waals surface area contributed by atoms with E-state index in [9.17, 15) is 31.1 Å². The molecule has 1 saturated carbocycles. The third-order valence-electron chi connectivity index (χ3n) is 5.17. The number of pyridine rings is 1. The molecule has 1 heterocycles. The highest BCUT2D eigenvalue weighted by molar-refractivity contribution is 6.01. The average Bonchev–Trinajstić information content (AvgIpc) is 3.60. The number of nitrogens with two attached hydrogens (primary N) is 1. The van der Waals surface area contributed by atoms with Crippen molar-refractivity contribution in [1.82, 2.24) is 9.88 Å². The molecule has 0 saturated heterocycles. The minimum absolute atomic E-state index is 0.0158. The van der Waals surface area contributed by atoms with Crippen LogP contribution in [0.5, 0.6) is 0 Å². The number of amidine groups is 1. The molecule has 34 heavy (non-hydrogen) atoms. The van der Waals surface area contributed by atoms with Crippen LogP contribution in [0.4, 0.5) is 32.2 Å². The Kier molecular flexibility index (Phi) is 7.27. The number of rotatable bonds is 6.